The van der Waals surface area contributed by atoms with E-state index in [-0.39, 0.29) is 17.7 Å². The van der Waals surface area contributed by atoms with Crippen LogP contribution in [-0.2, 0) is 7.05 Å². The minimum atomic E-state index is -0.441. The molecule has 0 radical (unpaired) electrons. The molecule has 4 N–H and O–H groups in total. The zero-order valence-electron chi connectivity index (χ0n) is 15.5. The molecule has 1 aliphatic heterocycles. The Hall–Kier alpha value is -3.20. The molecule has 28 heavy (non-hydrogen) atoms. The fourth-order valence-corrected chi connectivity index (χ4v) is 3.48. The van der Waals surface area contributed by atoms with Crippen molar-refractivity contribution in [2.45, 2.75) is 18.9 Å². The molecule has 0 unspecified atom stereocenters. The molecule has 1 aliphatic rings. The lowest BCUT2D eigenvalue weighted by Crippen LogP contribution is -2.43. The maximum absolute atomic E-state index is 14.6. The third-order valence-corrected chi connectivity index (χ3v) is 4.82. The van der Waals surface area contributed by atoms with Gasteiger partial charge in [0.15, 0.2) is 5.82 Å². The number of benzene rings is 1. The average molecular weight is 383 g/mol. The fourth-order valence-electron chi connectivity index (χ4n) is 3.48. The summed E-state index contributed by atoms with van der Waals surface area (Å²) in [4.78, 5) is 21.7. The maximum Gasteiger partial charge on any atom is 0.291 e. The Morgan fingerprint density at radius 1 is 1.39 bits per heavy atom. The highest BCUT2D eigenvalue weighted by molar-refractivity contribution is 6.04. The number of H-pyrrole nitrogens is 1. The molecule has 0 aliphatic carbocycles. The van der Waals surface area contributed by atoms with E-state index in [0.29, 0.717) is 30.2 Å². The van der Waals surface area contributed by atoms with Gasteiger partial charge in [-0.2, -0.15) is 5.10 Å². The summed E-state index contributed by atoms with van der Waals surface area (Å²) in [5.74, 6) is -0.685. The van der Waals surface area contributed by atoms with Crippen LogP contribution >= 0.6 is 0 Å². The van der Waals surface area contributed by atoms with E-state index in [4.69, 9.17) is 5.73 Å². The van der Waals surface area contributed by atoms with Gasteiger partial charge in [-0.1, -0.05) is 6.07 Å². The first-order valence-corrected chi connectivity index (χ1v) is 9.15. The number of imidazole rings is 1. The Morgan fingerprint density at radius 3 is 3.00 bits per heavy atom. The lowest BCUT2D eigenvalue weighted by atomic mass is 10.1. The second-order valence-corrected chi connectivity index (χ2v) is 6.99. The van der Waals surface area contributed by atoms with E-state index >= 15 is 0 Å². The molecule has 146 valence electrons. The molecule has 1 saturated heterocycles. The number of hydrogen-bond donors (Lipinski definition) is 3. The molecular weight excluding hydrogens is 361 g/mol. The molecule has 0 bridgehead atoms. The van der Waals surface area contributed by atoms with Gasteiger partial charge in [-0.15, -0.1) is 0 Å². The van der Waals surface area contributed by atoms with E-state index < -0.39 is 5.91 Å². The number of carbonyl (C=O) groups excluding carboxylic acids is 1. The highest BCUT2D eigenvalue weighted by atomic mass is 19.1. The number of hydrogen-bond acceptors (Lipinski definition) is 5. The second kappa shape index (κ2) is 7.43. The van der Waals surface area contributed by atoms with Crippen LogP contribution in [0.4, 0.5) is 15.8 Å². The van der Waals surface area contributed by atoms with Crippen molar-refractivity contribution in [1.29, 1.82) is 0 Å². The molecule has 4 rings (SSSR count). The van der Waals surface area contributed by atoms with E-state index in [0.717, 1.165) is 18.4 Å². The Kier molecular flexibility index (Phi) is 4.82. The highest BCUT2D eigenvalue weighted by Crippen LogP contribution is 2.31. The average Bonchev–Trinajstić information content (AvgIpc) is 3.31. The third-order valence-electron chi connectivity index (χ3n) is 4.82. The van der Waals surface area contributed by atoms with Crippen LogP contribution in [0.2, 0.25) is 0 Å². The molecule has 1 aromatic carbocycles. The number of aromatic nitrogens is 4. The van der Waals surface area contributed by atoms with E-state index in [9.17, 15) is 9.18 Å². The van der Waals surface area contributed by atoms with Crippen molar-refractivity contribution in [3.05, 3.63) is 48.4 Å². The molecule has 2 aromatic heterocycles. The minimum Gasteiger partial charge on any atom is -0.366 e. The Morgan fingerprint density at radius 2 is 2.25 bits per heavy atom. The summed E-state index contributed by atoms with van der Waals surface area (Å²) in [5, 5.41) is 6.88. The monoisotopic (exact) mass is 383 g/mol. The van der Waals surface area contributed by atoms with Crippen molar-refractivity contribution < 1.29 is 9.18 Å². The van der Waals surface area contributed by atoms with E-state index in [2.05, 4.69) is 20.4 Å². The summed E-state index contributed by atoms with van der Waals surface area (Å²) >= 11 is 0. The first-order valence-electron chi connectivity index (χ1n) is 9.15. The lowest BCUT2D eigenvalue weighted by molar-refractivity contribution is 0.101. The number of carbonyl (C=O) groups is 1. The topological polar surface area (TPSA) is 105 Å². The number of aromatic amines is 1. The number of amides is 1. The van der Waals surface area contributed by atoms with Gasteiger partial charge >= 0.3 is 0 Å². The molecule has 8 nitrogen and oxygen atoms in total. The summed E-state index contributed by atoms with van der Waals surface area (Å²) in [7, 11) is 1.81. The van der Waals surface area contributed by atoms with Crippen molar-refractivity contribution in [1.82, 2.24) is 19.7 Å². The summed E-state index contributed by atoms with van der Waals surface area (Å²) in [6.45, 7) is 1.25. The van der Waals surface area contributed by atoms with Gasteiger partial charge in [0, 0.05) is 37.9 Å². The maximum atomic E-state index is 14.6. The van der Waals surface area contributed by atoms with Crippen LogP contribution in [0, 0.1) is 5.82 Å². The number of halogens is 1. The Bertz CT molecular complexity index is 996. The molecule has 9 heteroatoms. The van der Waals surface area contributed by atoms with E-state index in [1.54, 1.807) is 29.2 Å². The van der Waals surface area contributed by atoms with Crippen LogP contribution in [0.5, 0.6) is 0 Å². The molecule has 1 fully saturated rings. The van der Waals surface area contributed by atoms with Crippen molar-refractivity contribution in [3.63, 3.8) is 0 Å². The van der Waals surface area contributed by atoms with Crippen LogP contribution < -0.4 is 16.0 Å². The number of rotatable bonds is 4. The van der Waals surface area contributed by atoms with E-state index in [1.165, 1.54) is 6.07 Å². The molecule has 0 spiro atoms. The van der Waals surface area contributed by atoms with Crippen LogP contribution in [0.1, 0.15) is 23.5 Å². The number of nitrogens with two attached hydrogens (primary N) is 1. The van der Waals surface area contributed by atoms with Crippen LogP contribution in [0.25, 0.3) is 11.3 Å². The van der Waals surface area contributed by atoms with Crippen LogP contribution in [0.15, 0.2) is 36.8 Å². The number of nitrogens with zero attached hydrogens (tertiary/aromatic N) is 4. The normalized spacial score (nSPS) is 17.0. The zero-order chi connectivity index (χ0) is 19.7. The standard InChI is InChI=1S/C19H22FN7O/c1-26-10-12(8-23-26)16-9-22-18(24-16)19(28)25-15-6-2-5-14(20)17(15)27-7-3-4-13(21)11-27/h2,5-6,8-10,13H,3-4,7,11,21H2,1H3,(H,22,24)(H,25,28)/t13-/m1/s1. The first kappa shape index (κ1) is 18.2. The van der Waals surface area contributed by atoms with Gasteiger partial charge in [0.2, 0.25) is 0 Å². The number of nitrogens with one attached hydrogen (secondary N) is 2. The van der Waals surface area contributed by atoms with Crippen LogP contribution in [0.3, 0.4) is 0 Å². The number of aryl methyl sites for hydroxylation is 1. The lowest BCUT2D eigenvalue weighted by Gasteiger charge is -2.34. The van der Waals surface area contributed by atoms with Gasteiger partial charge in [0.25, 0.3) is 5.91 Å². The van der Waals surface area contributed by atoms with Gasteiger partial charge in [-0.25, -0.2) is 9.37 Å². The zero-order valence-corrected chi connectivity index (χ0v) is 15.5. The quantitative estimate of drug-likeness (QED) is 0.640. The predicted molar refractivity (Wildman–Crippen MR) is 105 cm³/mol. The second-order valence-electron chi connectivity index (χ2n) is 6.99. The Labute approximate surface area is 161 Å². The molecule has 1 atom stereocenters. The SMILES string of the molecule is Cn1cc(-c2cnc(C(=O)Nc3cccc(F)c3N3CCC[C@@H](N)C3)[nH]2)cn1. The van der Waals surface area contributed by atoms with Gasteiger partial charge in [-0.05, 0) is 25.0 Å². The van der Waals surface area contributed by atoms with Crippen molar-refractivity contribution >= 4 is 17.3 Å². The smallest absolute Gasteiger partial charge is 0.291 e. The van der Waals surface area contributed by atoms with E-state index in [1.807, 2.05) is 18.1 Å². The molecule has 3 aromatic rings. The fraction of sp³-hybridized carbons (Fsp3) is 0.316. The molecule has 0 saturated carbocycles. The van der Waals surface area contributed by atoms with Crippen molar-refractivity contribution in [3.8, 4) is 11.3 Å². The minimum absolute atomic E-state index is 0.0102. The summed E-state index contributed by atoms with van der Waals surface area (Å²) < 4.78 is 16.2. The number of piperidine rings is 1. The molecular formula is C19H22FN7O. The van der Waals surface area contributed by atoms with Gasteiger partial charge in [-0.3, -0.25) is 9.48 Å². The van der Waals surface area contributed by atoms with Crippen LogP contribution in [-0.4, -0.2) is 44.8 Å². The summed E-state index contributed by atoms with van der Waals surface area (Å²) in [5.41, 5.74) is 8.31. The molecule has 3 heterocycles. The van der Waals surface area contributed by atoms with Gasteiger partial charge in [0.1, 0.15) is 5.82 Å². The van der Waals surface area contributed by atoms with Crippen molar-refractivity contribution in [2.75, 3.05) is 23.3 Å². The number of anilines is 2. The molecule has 1 amide bonds. The predicted octanol–water partition coefficient (Wildman–Crippen LogP) is 2.13. The highest BCUT2D eigenvalue weighted by Gasteiger charge is 2.23. The third kappa shape index (κ3) is 3.61. The van der Waals surface area contributed by atoms with Gasteiger partial charge < -0.3 is 20.9 Å². The van der Waals surface area contributed by atoms with Gasteiger partial charge in [0.05, 0.1) is 29.5 Å². The number of para-hydroxylation sites is 1. The van der Waals surface area contributed by atoms with Crippen molar-refractivity contribution in [2.24, 2.45) is 12.8 Å². The largest absolute Gasteiger partial charge is 0.366 e. The summed E-state index contributed by atoms with van der Waals surface area (Å²) in [6, 6.07) is 4.63. The Balaban J connectivity index is 1.57. The first-order chi connectivity index (χ1) is 13.5. The summed E-state index contributed by atoms with van der Waals surface area (Å²) in [6.07, 6.45) is 6.87.